The number of fused-ring (bicyclic) bond motifs is 1. The highest BCUT2D eigenvalue weighted by molar-refractivity contribution is 5.87. The van der Waals surface area contributed by atoms with Crippen LogP contribution in [0.1, 0.15) is 26.3 Å². The first kappa shape index (κ1) is 13.7. The minimum atomic E-state index is 0.162. The standard InChI is InChI=1S/C19H20O2/c1-19(2,3)15-10-8-13(9-11-15)17-12-14-6-5-7-16(20-4)18(14)21-17/h5-12H,1-4H3. The molecule has 0 atom stereocenters. The van der Waals surface area contributed by atoms with Gasteiger partial charge < -0.3 is 9.15 Å². The van der Waals surface area contributed by atoms with Crippen molar-refractivity contribution in [3.8, 4) is 17.1 Å². The van der Waals surface area contributed by atoms with Gasteiger partial charge in [-0.15, -0.1) is 0 Å². The van der Waals surface area contributed by atoms with E-state index in [1.54, 1.807) is 7.11 Å². The second-order valence-corrected chi connectivity index (χ2v) is 6.32. The van der Waals surface area contributed by atoms with Gasteiger partial charge in [0.2, 0.25) is 0 Å². The first-order valence-corrected chi connectivity index (χ1v) is 7.16. The Labute approximate surface area is 125 Å². The summed E-state index contributed by atoms with van der Waals surface area (Å²) in [4.78, 5) is 0. The van der Waals surface area contributed by atoms with Gasteiger partial charge in [-0.3, -0.25) is 0 Å². The summed E-state index contributed by atoms with van der Waals surface area (Å²) in [5.74, 6) is 1.64. The maximum absolute atomic E-state index is 5.98. The van der Waals surface area contributed by atoms with Crippen LogP contribution in [0.2, 0.25) is 0 Å². The molecule has 0 saturated carbocycles. The quantitative estimate of drug-likeness (QED) is 0.626. The van der Waals surface area contributed by atoms with Gasteiger partial charge in [0.1, 0.15) is 5.76 Å². The molecule has 2 nitrogen and oxygen atoms in total. The Balaban J connectivity index is 2.04. The van der Waals surface area contributed by atoms with Crippen molar-refractivity contribution in [1.29, 1.82) is 0 Å². The van der Waals surface area contributed by atoms with Crippen molar-refractivity contribution >= 4 is 11.0 Å². The molecule has 0 amide bonds. The fourth-order valence-corrected chi connectivity index (χ4v) is 2.47. The zero-order valence-corrected chi connectivity index (χ0v) is 12.9. The summed E-state index contributed by atoms with van der Waals surface area (Å²) >= 11 is 0. The Morgan fingerprint density at radius 2 is 1.67 bits per heavy atom. The Kier molecular flexibility index (Phi) is 3.25. The van der Waals surface area contributed by atoms with Crippen LogP contribution in [0.4, 0.5) is 0 Å². The minimum absolute atomic E-state index is 0.162. The van der Waals surface area contributed by atoms with Crippen LogP contribution in [0, 0.1) is 0 Å². The molecule has 0 aliphatic rings. The van der Waals surface area contributed by atoms with E-state index in [1.165, 1.54) is 5.56 Å². The molecule has 21 heavy (non-hydrogen) atoms. The first-order chi connectivity index (χ1) is 9.99. The third-order valence-corrected chi connectivity index (χ3v) is 3.76. The van der Waals surface area contributed by atoms with E-state index in [-0.39, 0.29) is 5.41 Å². The molecule has 0 aliphatic heterocycles. The van der Waals surface area contributed by atoms with Gasteiger partial charge in [-0.05, 0) is 23.1 Å². The zero-order chi connectivity index (χ0) is 15.0. The second-order valence-electron chi connectivity index (χ2n) is 6.32. The molecule has 1 heterocycles. The van der Waals surface area contributed by atoms with Crippen LogP contribution in [-0.4, -0.2) is 7.11 Å². The van der Waals surface area contributed by atoms with E-state index in [0.29, 0.717) is 0 Å². The van der Waals surface area contributed by atoms with E-state index >= 15 is 0 Å². The molecule has 0 unspecified atom stereocenters. The lowest BCUT2D eigenvalue weighted by molar-refractivity contribution is 0.411. The van der Waals surface area contributed by atoms with Crippen LogP contribution >= 0.6 is 0 Å². The van der Waals surface area contributed by atoms with E-state index in [4.69, 9.17) is 9.15 Å². The number of para-hydroxylation sites is 1. The third-order valence-electron chi connectivity index (χ3n) is 3.76. The fourth-order valence-electron chi connectivity index (χ4n) is 2.47. The molecule has 0 fully saturated rings. The predicted molar refractivity (Wildman–Crippen MR) is 86.9 cm³/mol. The van der Waals surface area contributed by atoms with Gasteiger partial charge >= 0.3 is 0 Å². The summed E-state index contributed by atoms with van der Waals surface area (Å²) in [6.45, 7) is 6.65. The van der Waals surface area contributed by atoms with E-state index < -0.39 is 0 Å². The van der Waals surface area contributed by atoms with Gasteiger partial charge in [0.25, 0.3) is 0 Å². The molecule has 0 spiro atoms. The molecule has 0 saturated heterocycles. The topological polar surface area (TPSA) is 22.4 Å². The van der Waals surface area contributed by atoms with Crippen LogP contribution in [0.15, 0.2) is 52.9 Å². The van der Waals surface area contributed by atoms with Crippen LogP contribution < -0.4 is 4.74 Å². The van der Waals surface area contributed by atoms with Crippen molar-refractivity contribution in [3.05, 3.63) is 54.1 Å². The van der Waals surface area contributed by atoms with Crippen LogP contribution in [-0.2, 0) is 5.41 Å². The van der Waals surface area contributed by atoms with E-state index in [0.717, 1.165) is 28.0 Å². The van der Waals surface area contributed by atoms with Crippen molar-refractivity contribution in [2.75, 3.05) is 7.11 Å². The van der Waals surface area contributed by atoms with Gasteiger partial charge in [-0.2, -0.15) is 0 Å². The Bertz CT molecular complexity index is 758. The van der Waals surface area contributed by atoms with Crippen LogP contribution in [0.5, 0.6) is 5.75 Å². The first-order valence-electron chi connectivity index (χ1n) is 7.16. The number of methoxy groups -OCH3 is 1. The zero-order valence-electron chi connectivity index (χ0n) is 12.9. The molecule has 108 valence electrons. The number of hydrogen-bond acceptors (Lipinski definition) is 2. The second kappa shape index (κ2) is 4.96. The van der Waals surface area contributed by atoms with Crippen molar-refractivity contribution in [3.63, 3.8) is 0 Å². The number of rotatable bonds is 2. The highest BCUT2D eigenvalue weighted by Gasteiger charge is 2.14. The Morgan fingerprint density at radius 1 is 0.952 bits per heavy atom. The van der Waals surface area contributed by atoms with Gasteiger partial charge in [0, 0.05) is 10.9 Å². The molecule has 2 aromatic carbocycles. The molecule has 0 radical (unpaired) electrons. The van der Waals surface area contributed by atoms with E-state index in [9.17, 15) is 0 Å². The fraction of sp³-hybridized carbons (Fsp3) is 0.263. The number of benzene rings is 2. The monoisotopic (exact) mass is 280 g/mol. The number of ether oxygens (including phenoxy) is 1. The molecule has 3 rings (SSSR count). The molecule has 1 aromatic heterocycles. The predicted octanol–water partition coefficient (Wildman–Crippen LogP) is 5.41. The molecule has 0 bridgehead atoms. The maximum atomic E-state index is 5.98. The SMILES string of the molecule is COc1cccc2cc(-c3ccc(C(C)(C)C)cc3)oc12. The smallest absolute Gasteiger partial charge is 0.176 e. The number of hydrogen-bond donors (Lipinski definition) is 0. The average Bonchev–Trinajstić information content (AvgIpc) is 2.90. The molecule has 2 heteroatoms. The average molecular weight is 280 g/mol. The third kappa shape index (κ3) is 2.54. The minimum Gasteiger partial charge on any atom is -0.493 e. The number of furan rings is 1. The molecule has 0 N–H and O–H groups in total. The Morgan fingerprint density at radius 3 is 2.29 bits per heavy atom. The maximum Gasteiger partial charge on any atom is 0.176 e. The van der Waals surface area contributed by atoms with Crippen molar-refractivity contribution in [2.45, 2.75) is 26.2 Å². The highest BCUT2D eigenvalue weighted by Crippen LogP contribution is 2.34. The lowest BCUT2D eigenvalue weighted by Crippen LogP contribution is -2.10. The Hall–Kier alpha value is -2.22. The summed E-state index contributed by atoms with van der Waals surface area (Å²) in [6.07, 6.45) is 0. The lowest BCUT2D eigenvalue weighted by atomic mass is 9.86. The normalized spacial score (nSPS) is 11.8. The highest BCUT2D eigenvalue weighted by atomic mass is 16.5. The van der Waals surface area contributed by atoms with E-state index in [1.807, 2.05) is 18.2 Å². The van der Waals surface area contributed by atoms with Gasteiger partial charge in [-0.1, -0.05) is 57.2 Å². The molecular formula is C19H20O2. The van der Waals surface area contributed by atoms with Crippen LogP contribution in [0.25, 0.3) is 22.3 Å². The van der Waals surface area contributed by atoms with E-state index in [2.05, 4.69) is 51.1 Å². The molecule has 0 aliphatic carbocycles. The van der Waals surface area contributed by atoms with Crippen LogP contribution in [0.3, 0.4) is 0 Å². The summed E-state index contributed by atoms with van der Waals surface area (Å²) in [7, 11) is 1.66. The van der Waals surface area contributed by atoms with Crippen molar-refractivity contribution < 1.29 is 9.15 Å². The molecular weight excluding hydrogens is 260 g/mol. The summed E-state index contributed by atoms with van der Waals surface area (Å²) < 4.78 is 11.3. The van der Waals surface area contributed by atoms with Gasteiger partial charge in [-0.25, -0.2) is 0 Å². The largest absolute Gasteiger partial charge is 0.493 e. The van der Waals surface area contributed by atoms with Crippen molar-refractivity contribution in [1.82, 2.24) is 0 Å². The van der Waals surface area contributed by atoms with Gasteiger partial charge in [0.15, 0.2) is 11.3 Å². The van der Waals surface area contributed by atoms with Crippen molar-refractivity contribution in [2.24, 2.45) is 0 Å². The summed E-state index contributed by atoms with van der Waals surface area (Å²) in [6, 6.07) is 16.6. The summed E-state index contributed by atoms with van der Waals surface area (Å²) in [5.41, 5.74) is 3.37. The summed E-state index contributed by atoms with van der Waals surface area (Å²) in [5, 5.41) is 1.06. The van der Waals surface area contributed by atoms with Gasteiger partial charge in [0.05, 0.1) is 7.11 Å². The lowest BCUT2D eigenvalue weighted by Gasteiger charge is -2.18. The molecule has 3 aromatic rings.